The van der Waals surface area contributed by atoms with E-state index in [-0.39, 0.29) is 42.1 Å². The molecule has 4 heterocycles. The molecule has 0 bridgehead atoms. The topological polar surface area (TPSA) is 101 Å². The second kappa shape index (κ2) is 11.3. The molecular weight excluding hydrogens is 546 g/mol. The Kier molecular flexibility index (Phi) is 7.47. The fourth-order valence-corrected chi connectivity index (χ4v) is 6.71. The molecule has 2 fully saturated rings. The Hall–Kier alpha value is -4.57. The summed E-state index contributed by atoms with van der Waals surface area (Å²) in [6, 6.07) is 15.9. The number of piperazine rings is 1. The summed E-state index contributed by atoms with van der Waals surface area (Å²) in [7, 11) is 5.43. The van der Waals surface area contributed by atoms with Crippen LogP contribution in [0.2, 0.25) is 0 Å². The SMILES string of the molecule is C=CCN1CC(=O)N2[C@@H]1CN(Cc1cccc3c1N(C)CC3c1ccc(C(=O)N(C)C)o1)C(=O)[C@@H]2Cc1ccc(O)cc1. The first-order valence-electron chi connectivity index (χ1n) is 14.5. The third-order valence-corrected chi connectivity index (χ3v) is 8.73. The van der Waals surface area contributed by atoms with Crippen molar-refractivity contribution in [1.29, 1.82) is 0 Å². The number of furan rings is 1. The predicted molar refractivity (Wildman–Crippen MR) is 162 cm³/mol. The van der Waals surface area contributed by atoms with Gasteiger partial charge in [0.15, 0.2) is 5.76 Å². The van der Waals surface area contributed by atoms with E-state index >= 15 is 0 Å². The Morgan fingerprint density at radius 3 is 2.58 bits per heavy atom. The van der Waals surface area contributed by atoms with Gasteiger partial charge in [0.2, 0.25) is 11.8 Å². The van der Waals surface area contributed by atoms with Crippen LogP contribution in [0.5, 0.6) is 5.75 Å². The number of likely N-dealkylation sites (N-methyl/N-ethyl adjacent to an activating group) is 1. The van der Waals surface area contributed by atoms with Gasteiger partial charge in [0, 0.05) is 52.9 Å². The smallest absolute Gasteiger partial charge is 0.289 e. The first kappa shape index (κ1) is 28.5. The van der Waals surface area contributed by atoms with Gasteiger partial charge in [-0.25, -0.2) is 0 Å². The van der Waals surface area contributed by atoms with Crippen LogP contribution < -0.4 is 4.90 Å². The summed E-state index contributed by atoms with van der Waals surface area (Å²) >= 11 is 0. The Morgan fingerprint density at radius 1 is 1.09 bits per heavy atom. The number of carbonyl (C=O) groups is 3. The van der Waals surface area contributed by atoms with Crippen molar-refractivity contribution in [3.05, 3.63) is 95.5 Å². The highest BCUT2D eigenvalue weighted by molar-refractivity contribution is 5.92. The average molecular weight is 584 g/mol. The second-order valence-corrected chi connectivity index (χ2v) is 11.8. The number of anilines is 1. The molecule has 1 N–H and O–H groups in total. The zero-order valence-corrected chi connectivity index (χ0v) is 24.8. The molecular formula is C33H37N5O5. The van der Waals surface area contributed by atoms with Gasteiger partial charge >= 0.3 is 0 Å². The van der Waals surface area contributed by atoms with E-state index in [1.807, 2.05) is 24.1 Å². The minimum Gasteiger partial charge on any atom is -0.508 e. The number of para-hydroxylation sites is 1. The molecule has 2 aromatic carbocycles. The first-order valence-corrected chi connectivity index (χ1v) is 14.5. The predicted octanol–water partition coefficient (Wildman–Crippen LogP) is 2.88. The van der Waals surface area contributed by atoms with Crippen molar-refractivity contribution in [2.45, 2.75) is 31.1 Å². The van der Waals surface area contributed by atoms with Crippen molar-refractivity contribution in [3.63, 3.8) is 0 Å². The van der Waals surface area contributed by atoms with Crippen LogP contribution in [-0.2, 0) is 22.6 Å². The van der Waals surface area contributed by atoms with Crippen LogP contribution in [0.15, 0.2) is 71.7 Å². The molecule has 0 aliphatic carbocycles. The van der Waals surface area contributed by atoms with Crippen molar-refractivity contribution >= 4 is 23.4 Å². The molecule has 10 heteroatoms. The molecule has 10 nitrogen and oxygen atoms in total. The molecule has 6 rings (SSSR count). The van der Waals surface area contributed by atoms with Crippen molar-refractivity contribution < 1.29 is 23.9 Å². The molecule has 43 heavy (non-hydrogen) atoms. The van der Waals surface area contributed by atoms with Crippen molar-refractivity contribution in [3.8, 4) is 5.75 Å². The lowest BCUT2D eigenvalue weighted by atomic mass is 9.96. The molecule has 1 aromatic heterocycles. The fraction of sp³-hybridized carbons (Fsp3) is 0.364. The standard InChI is InChI=1S/C33H37N5O5/c1-5-15-36-20-30(40)38-26(16-21-9-11-23(39)12-10-21)32(41)37(19-29(36)38)17-22-7-6-8-24-25(18-35(4)31(22)24)27-13-14-28(43-27)33(42)34(2)3/h5-14,25-26,29,39H,1,15-20H2,2-4H3/t25?,26-,29+/m0/s1. The molecule has 1 unspecified atom stereocenters. The number of hydrogen-bond donors (Lipinski definition) is 1. The summed E-state index contributed by atoms with van der Waals surface area (Å²) in [4.78, 5) is 49.1. The number of benzene rings is 2. The van der Waals surface area contributed by atoms with Gasteiger partial charge in [-0.2, -0.15) is 0 Å². The van der Waals surface area contributed by atoms with E-state index in [2.05, 4.69) is 28.5 Å². The fourth-order valence-electron chi connectivity index (χ4n) is 6.71. The molecule has 3 atom stereocenters. The van der Waals surface area contributed by atoms with Crippen LogP contribution >= 0.6 is 0 Å². The zero-order valence-electron chi connectivity index (χ0n) is 24.8. The minimum absolute atomic E-state index is 0.0472. The van der Waals surface area contributed by atoms with Gasteiger partial charge in [-0.1, -0.05) is 36.4 Å². The number of rotatable bonds is 8. The maximum atomic E-state index is 14.1. The van der Waals surface area contributed by atoms with Crippen molar-refractivity contribution in [2.75, 3.05) is 52.2 Å². The van der Waals surface area contributed by atoms with Crippen molar-refractivity contribution in [2.24, 2.45) is 0 Å². The maximum Gasteiger partial charge on any atom is 0.289 e. The molecule has 2 saturated heterocycles. The van der Waals surface area contributed by atoms with Crippen molar-refractivity contribution in [1.82, 2.24) is 19.6 Å². The normalized spacial score (nSPS) is 21.7. The summed E-state index contributed by atoms with van der Waals surface area (Å²) in [5.41, 5.74) is 4.04. The number of aromatic hydroxyl groups is 1. The molecule has 3 aliphatic heterocycles. The highest BCUT2D eigenvalue weighted by atomic mass is 16.4. The lowest BCUT2D eigenvalue weighted by Gasteiger charge is -2.44. The van der Waals surface area contributed by atoms with Gasteiger partial charge in [-0.05, 0) is 41.0 Å². The number of phenolic OH excluding ortho intramolecular Hbond substituents is 1. The van der Waals surface area contributed by atoms with Crippen LogP contribution in [0.1, 0.15) is 38.9 Å². The quantitative estimate of drug-likeness (QED) is 0.407. The Balaban J connectivity index is 1.30. The number of nitrogens with zero attached hydrogens (tertiary/aromatic N) is 5. The molecule has 0 radical (unpaired) electrons. The monoisotopic (exact) mass is 583 g/mol. The van der Waals surface area contributed by atoms with Gasteiger partial charge in [-0.15, -0.1) is 6.58 Å². The van der Waals surface area contributed by atoms with Crippen LogP contribution in [0, 0.1) is 0 Å². The summed E-state index contributed by atoms with van der Waals surface area (Å²) in [5, 5.41) is 9.76. The third kappa shape index (κ3) is 5.16. The van der Waals surface area contributed by atoms with E-state index in [0.717, 1.165) is 28.1 Å². The zero-order chi connectivity index (χ0) is 30.4. The van der Waals surface area contributed by atoms with Gasteiger partial charge in [0.1, 0.15) is 23.7 Å². The molecule has 0 spiro atoms. The van der Waals surface area contributed by atoms with E-state index in [1.165, 1.54) is 4.90 Å². The van der Waals surface area contributed by atoms with Gasteiger partial charge < -0.3 is 29.1 Å². The summed E-state index contributed by atoms with van der Waals surface area (Å²) in [5.74, 6) is 0.823. The Morgan fingerprint density at radius 2 is 1.86 bits per heavy atom. The van der Waals surface area contributed by atoms with E-state index < -0.39 is 6.04 Å². The van der Waals surface area contributed by atoms with E-state index in [9.17, 15) is 19.5 Å². The van der Waals surface area contributed by atoms with Crippen LogP contribution in [-0.4, -0.2) is 102 Å². The van der Waals surface area contributed by atoms with Crippen LogP contribution in [0.3, 0.4) is 0 Å². The highest BCUT2D eigenvalue weighted by Gasteiger charge is 2.49. The number of hydrogen-bond acceptors (Lipinski definition) is 7. The summed E-state index contributed by atoms with van der Waals surface area (Å²) < 4.78 is 6.02. The Bertz CT molecular complexity index is 1560. The summed E-state index contributed by atoms with van der Waals surface area (Å²) in [6.45, 7) is 6.15. The lowest BCUT2D eigenvalue weighted by Crippen LogP contribution is -2.63. The molecule has 224 valence electrons. The highest BCUT2D eigenvalue weighted by Crippen LogP contribution is 2.43. The van der Waals surface area contributed by atoms with E-state index in [4.69, 9.17) is 4.42 Å². The molecule has 3 amide bonds. The van der Waals surface area contributed by atoms with Gasteiger partial charge in [0.25, 0.3) is 5.91 Å². The Labute approximate surface area is 251 Å². The van der Waals surface area contributed by atoms with Crippen LogP contribution in [0.25, 0.3) is 0 Å². The first-order chi connectivity index (χ1) is 20.7. The third-order valence-electron chi connectivity index (χ3n) is 8.73. The van der Waals surface area contributed by atoms with E-state index in [1.54, 1.807) is 55.4 Å². The van der Waals surface area contributed by atoms with Gasteiger partial charge in [0.05, 0.1) is 19.0 Å². The molecule has 0 saturated carbocycles. The molecule has 3 aromatic rings. The minimum atomic E-state index is -0.649. The lowest BCUT2D eigenvalue weighted by molar-refractivity contribution is -0.153. The maximum absolute atomic E-state index is 14.1. The molecule has 3 aliphatic rings. The van der Waals surface area contributed by atoms with E-state index in [0.29, 0.717) is 38.4 Å². The van der Waals surface area contributed by atoms with Crippen LogP contribution in [0.4, 0.5) is 5.69 Å². The summed E-state index contributed by atoms with van der Waals surface area (Å²) in [6.07, 6.45) is 1.90. The number of fused-ring (bicyclic) bond motifs is 2. The largest absolute Gasteiger partial charge is 0.508 e. The number of phenols is 1. The average Bonchev–Trinajstić information content (AvgIpc) is 3.68. The number of carbonyl (C=O) groups excluding carboxylic acids is 3. The second-order valence-electron chi connectivity index (χ2n) is 11.8. The van der Waals surface area contributed by atoms with Gasteiger partial charge in [-0.3, -0.25) is 19.3 Å². The number of amides is 3.